The highest BCUT2D eigenvalue weighted by atomic mass is 16.4. The van der Waals surface area contributed by atoms with E-state index in [0.717, 1.165) is 32.7 Å². The van der Waals surface area contributed by atoms with Crippen LogP contribution in [0.1, 0.15) is 6.42 Å². The van der Waals surface area contributed by atoms with E-state index in [1.807, 2.05) is 0 Å². The standard InChI is InChI=1S/C12H21N3O3/c1-14-4-6-15(7-5-14)3-2-13-11(16)9-8-10(9)12(17)18/h9-10H,2-8H2,1H3,(H,13,16)(H,17,18). The fraction of sp³-hybridized carbons (Fsp3) is 0.833. The lowest BCUT2D eigenvalue weighted by Gasteiger charge is -2.32. The number of carbonyl (C=O) groups excluding carboxylic acids is 1. The van der Waals surface area contributed by atoms with Crippen molar-refractivity contribution < 1.29 is 14.7 Å². The molecule has 2 atom stereocenters. The Kier molecular flexibility index (Phi) is 4.19. The van der Waals surface area contributed by atoms with Gasteiger partial charge in [-0.25, -0.2) is 0 Å². The van der Waals surface area contributed by atoms with Gasteiger partial charge in [0.1, 0.15) is 0 Å². The molecule has 0 aromatic heterocycles. The maximum atomic E-state index is 11.6. The van der Waals surface area contributed by atoms with Gasteiger partial charge in [-0.2, -0.15) is 0 Å². The molecule has 1 saturated carbocycles. The van der Waals surface area contributed by atoms with Gasteiger partial charge in [0, 0.05) is 39.3 Å². The molecule has 6 nitrogen and oxygen atoms in total. The number of hydrogen-bond donors (Lipinski definition) is 2. The fourth-order valence-corrected chi connectivity index (χ4v) is 2.30. The summed E-state index contributed by atoms with van der Waals surface area (Å²) < 4.78 is 0. The number of nitrogens with one attached hydrogen (secondary N) is 1. The van der Waals surface area contributed by atoms with Crippen molar-refractivity contribution in [3.05, 3.63) is 0 Å². The van der Waals surface area contributed by atoms with E-state index < -0.39 is 11.9 Å². The molecule has 1 amide bonds. The molecule has 2 aliphatic rings. The Morgan fingerprint density at radius 3 is 2.44 bits per heavy atom. The highest BCUT2D eigenvalue weighted by molar-refractivity contribution is 5.89. The van der Waals surface area contributed by atoms with Crippen molar-refractivity contribution in [2.45, 2.75) is 6.42 Å². The van der Waals surface area contributed by atoms with E-state index in [1.54, 1.807) is 0 Å². The molecule has 102 valence electrons. The molecule has 2 fully saturated rings. The van der Waals surface area contributed by atoms with Gasteiger partial charge in [0.15, 0.2) is 0 Å². The first kappa shape index (κ1) is 13.3. The number of amides is 1. The Balaban J connectivity index is 1.58. The first-order valence-electron chi connectivity index (χ1n) is 6.49. The van der Waals surface area contributed by atoms with Gasteiger partial charge in [0.05, 0.1) is 11.8 Å². The smallest absolute Gasteiger partial charge is 0.307 e. The van der Waals surface area contributed by atoms with Crippen LogP contribution in [0.25, 0.3) is 0 Å². The molecule has 0 aromatic carbocycles. The average Bonchev–Trinajstić information content (AvgIpc) is 3.11. The fourth-order valence-electron chi connectivity index (χ4n) is 2.30. The number of carbonyl (C=O) groups is 2. The lowest BCUT2D eigenvalue weighted by molar-refractivity contribution is -0.140. The van der Waals surface area contributed by atoms with Gasteiger partial charge in [0.25, 0.3) is 0 Å². The molecular weight excluding hydrogens is 234 g/mol. The van der Waals surface area contributed by atoms with Crippen LogP contribution in [0.3, 0.4) is 0 Å². The van der Waals surface area contributed by atoms with Gasteiger partial charge >= 0.3 is 5.97 Å². The van der Waals surface area contributed by atoms with Gasteiger partial charge in [-0.15, -0.1) is 0 Å². The maximum Gasteiger partial charge on any atom is 0.307 e. The minimum Gasteiger partial charge on any atom is -0.481 e. The Morgan fingerprint density at radius 1 is 1.22 bits per heavy atom. The summed E-state index contributed by atoms with van der Waals surface area (Å²) in [5, 5.41) is 11.6. The zero-order valence-corrected chi connectivity index (χ0v) is 10.8. The second-order valence-electron chi connectivity index (χ2n) is 5.22. The third-order valence-electron chi connectivity index (χ3n) is 3.77. The molecule has 0 bridgehead atoms. The highest BCUT2D eigenvalue weighted by Gasteiger charge is 2.48. The molecule has 6 heteroatoms. The monoisotopic (exact) mass is 255 g/mol. The summed E-state index contributed by atoms with van der Waals surface area (Å²) in [7, 11) is 2.11. The number of hydrogen-bond acceptors (Lipinski definition) is 4. The van der Waals surface area contributed by atoms with Crippen LogP contribution in [0.5, 0.6) is 0 Å². The van der Waals surface area contributed by atoms with Gasteiger partial charge in [0.2, 0.25) is 5.91 Å². The van der Waals surface area contributed by atoms with Crippen molar-refractivity contribution in [3.8, 4) is 0 Å². The average molecular weight is 255 g/mol. The Morgan fingerprint density at radius 2 is 1.89 bits per heavy atom. The second-order valence-corrected chi connectivity index (χ2v) is 5.22. The predicted molar refractivity (Wildman–Crippen MR) is 66.2 cm³/mol. The maximum absolute atomic E-state index is 11.6. The zero-order valence-electron chi connectivity index (χ0n) is 10.8. The Bertz CT molecular complexity index is 327. The summed E-state index contributed by atoms with van der Waals surface area (Å²) in [5.74, 6) is -1.70. The molecule has 2 rings (SSSR count). The number of carboxylic acid groups (broad SMARTS) is 1. The lowest BCUT2D eigenvalue weighted by atomic mass is 10.3. The molecule has 1 saturated heterocycles. The van der Waals surface area contributed by atoms with Gasteiger partial charge in [-0.1, -0.05) is 0 Å². The SMILES string of the molecule is CN1CCN(CCNC(=O)C2CC2C(=O)O)CC1. The minimum absolute atomic E-state index is 0.100. The first-order chi connectivity index (χ1) is 8.58. The van der Waals surface area contributed by atoms with E-state index in [-0.39, 0.29) is 11.8 Å². The summed E-state index contributed by atoms with van der Waals surface area (Å²) in [6, 6.07) is 0. The number of rotatable bonds is 5. The van der Waals surface area contributed by atoms with Crippen molar-refractivity contribution in [1.29, 1.82) is 0 Å². The molecule has 0 radical (unpaired) electrons. The van der Waals surface area contributed by atoms with Crippen LogP contribution in [-0.4, -0.2) is 73.1 Å². The summed E-state index contributed by atoms with van der Waals surface area (Å²) >= 11 is 0. The minimum atomic E-state index is -0.853. The number of likely N-dealkylation sites (N-methyl/N-ethyl adjacent to an activating group) is 1. The number of carboxylic acids is 1. The summed E-state index contributed by atoms with van der Waals surface area (Å²) in [6.07, 6.45) is 0.496. The normalized spacial score (nSPS) is 28.9. The summed E-state index contributed by atoms with van der Waals surface area (Å²) in [5.41, 5.74) is 0. The number of piperazine rings is 1. The van der Waals surface area contributed by atoms with E-state index in [2.05, 4.69) is 22.2 Å². The predicted octanol–water partition coefficient (Wildman–Crippen LogP) is -0.929. The van der Waals surface area contributed by atoms with E-state index >= 15 is 0 Å². The van der Waals surface area contributed by atoms with Gasteiger partial charge < -0.3 is 15.3 Å². The molecule has 0 aromatic rings. The topological polar surface area (TPSA) is 72.9 Å². The number of nitrogens with zero attached hydrogens (tertiary/aromatic N) is 2. The van der Waals surface area contributed by atoms with Crippen molar-refractivity contribution >= 4 is 11.9 Å². The molecule has 1 aliphatic carbocycles. The van der Waals surface area contributed by atoms with Crippen molar-refractivity contribution in [1.82, 2.24) is 15.1 Å². The molecule has 18 heavy (non-hydrogen) atoms. The Hall–Kier alpha value is -1.14. The summed E-state index contributed by atoms with van der Waals surface area (Å²) in [6.45, 7) is 5.67. The highest BCUT2D eigenvalue weighted by Crippen LogP contribution is 2.38. The van der Waals surface area contributed by atoms with Crippen molar-refractivity contribution in [3.63, 3.8) is 0 Å². The largest absolute Gasteiger partial charge is 0.481 e. The quantitative estimate of drug-likeness (QED) is 0.664. The van der Waals surface area contributed by atoms with E-state index in [9.17, 15) is 9.59 Å². The third kappa shape index (κ3) is 3.43. The zero-order chi connectivity index (χ0) is 13.1. The third-order valence-corrected chi connectivity index (χ3v) is 3.77. The first-order valence-corrected chi connectivity index (χ1v) is 6.49. The van der Waals surface area contributed by atoms with E-state index in [0.29, 0.717) is 13.0 Å². The van der Waals surface area contributed by atoms with Crippen LogP contribution in [0.4, 0.5) is 0 Å². The number of aliphatic carboxylic acids is 1. The van der Waals surface area contributed by atoms with Crippen LogP contribution in [-0.2, 0) is 9.59 Å². The van der Waals surface area contributed by atoms with Crippen LogP contribution in [0, 0.1) is 11.8 Å². The van der Waals surface area contributed by atoms with Crippen LogP contribution < -0.4 is 5.32 Å². The molecule has 1 heterocycles. The van der Waals surface area contributed by atoms with Crippen molar-refractivity contribution in [2.75, 3.05) is 46.3 Å². The second kappa shape index (κ2) is 5.67. The van der Waals surface area contributed by atoms with E-state index in [4.69, 9.17) is 5.11 Å². The summed E-state index contributed by atoms with van der Waals surface area (Å²) in [4.78, 5) is 26.9. The molecule has 2 N–H and O–H groups in total. The van der Waals surface area contributed by atoms with Crippen LogP contribution >= 0.6 is 0 Å². The molecule has 0 spiro atoms. The van der Waals surface area contributed by atoms with Gasteiger partial charge in [-0.3, -0.25) is 14.5 Å². The van der Waals surface area contributed by atoms with Crippen molar-refractivity contribution in [2.24, 2.45) is 11.8 Å². The van der Waals surface area contributed by atoms with Crippen LogP contribution in [0.15, 0.2) is 0 Å². The van der Waals surface area contributed by atoms with Gasteiger partial charge in [-0.05, 0) is 13.5 Å². The molecular formula is C12H21N3O3. The Labute approximate surface area is 107 Å². The van der Waals surface area contributed by atoms with E-state index in [1.165, 1.54) is 0 Å². The molecule has 1 aliphatic heterocycles. The lowest BCUT2D eigenvalue weighted by Crippen LogP contribution is -2.47. The van der Waals surface area contributed by atoms with Crippen LogP contribution in [0.2, 0.25) is 0 Å². The molecule has 2 unspecified atom stereocenters.